The molecule has 0 bridgehead atoms. The molecule has 174 valence electrons. The Morgan fingerprint density at radius 2 is 1.61 bits per heavy atom. The van der Waals surface area contributed by atoms with Crippen molar-refractivity contribution < 1.29 is 18.8 Å². The van der Waals surface area contributed by atoms with Crippen molar-refractivity contribution in [3.63, 3.8) is 0 Å². The zero-order valence-corrected chi connectivity index (χ0v) is 19.7. The van der Waals surface area contributed by atoms with E-state index in [1.165, 1.54) is 12.1 Å². The molecule has 2 aromatic rings. The van der Waals surface area contributed by atoms with E-state index in [1.54, 1.807) is 45.9 Å². The van der Waals surface area contributed by atoms with E-state index in [-0.39, 0.29) is 23.3 Å². The molecule has 2 saturated heterocycles. The van der Waals surface area contributed by atoms with Crippen molar-refractivity contribution >= 4 is 40.9 Å². The number of hydrogen-bond acceptors (Lipinski definition) is 3. The van der Waals surface area contributed by atoms with Gasteiger partial charge in [-0.3, -0.25) is 14.4 Å². The Morgan fingerprint density at radius 1 is 0.909 bits per heavy atom. The summed E-state index contributed by atoms with van der Waals surface area (Å²) < 4.78 is 13.8. The Hall–Kier alpha value is -2.64. The highest BCUT2D eigenvalue weighted by Crippen LogP contribution is 2.27. The fourth-order valence-electron chi connectivity index (χ4n) is 4.33. The second-order valence-electron chi connectivity index (χ2n) is 8.36. The number of piperazine rings is 1. The second-order valence-corrected chi connectivity index (χ2v) is 9.21. The van der Waals surface area contributed by atoms with Crippen LogP contribution in [0.1, 0.15) is 39.1 Å². The lowest BCUT2D eigenvalue weighted by Crippen LogP contribution is -2.55. The van der Waals surface area contributed by atoms with Gasteiger partial charge in [-0.2, -0.15) is 0 Å². The van der Waals surface area contributed by atoms with Crippen molar-refractivity contribution in [1.82, 2.24) is 14.7 Å². The average Bonchev–Trinajstić information content (AvgIpc) is 3.31. The van der Waals surface area contributed by atoms with Crippen LogP contribution >= 0.6 is 23.2 Å². The summed E-state index contributed by atoms with van der Waals surface area (Å²) in [6.07, 6.45) is 1.29. The molecule has 1 unspecified atom stereocenters. The van der Waals surface area contributed by atoms with Gasteiger partial charge in [0.1, 0.15) is 11.9 Å². The van der Waals surface area contributed by atoms with Crippen molar-refractivity contribution in [2.45, 2.75) is 25.8 Å². The fraction of sp³-hybridized carbons (Fsp3) is 0.375. The van der Waals surface area contributed by atoms with Crippen molar-refractivity contribution in [1.29, 1.82) is 0 Å². The van der Waals surface area contributed by atoms with Gasteiger partial charge in [0.2, 0.25) is 5.91 Å². The fourth-order valence-corrected chi connectivity index (χ4v) is 4.70. The Labute approximate surface area is 201 Å². The number of carbonyl (C=O) groups is 3. The Bertz CT molecular complexity index is 1100. The van der Waals surface area contributed by atoms with Gasteiger partial charge >= 0.3 is 0 Å². The number of amides is 3. The molecule has 2 aliphatic heterocycles. The van der Waals surface area contributed by atoms with E-state index >= 15 is 0 Å². The van der Waals surface area contributed by atoms with Gasteiger partial charge in [-0.05, 0) is 55.7 Å². The zero-order chi connectivity index (χ0) is 23.7. The highest BCUT2D eigenvalue weighted by atomic mass is 35.5. The van der Waals surface area contributed by atoms with E-state index in [0.717, 1.165) is 6.42 Å². The minimum Gasteiger partial charge on any atom is -0.337 e. The van der Waals surface area contributed by atoms with Gasteiger partial charge in [-0.1, -0.05) is 29.3 Å². The quantitative estimate of drug-likeness (QED) is 0.650. The predicted molar refractivity (Wildman–Crippen MR) is 124 cm³/mol. The van der Waals surface area contributed by atoms with Crippen LogP contribution in [0, 0.1) is 12.7 Å². The molecule has 2 fully saturated rings. The lowest BCUT2D eigenvalue weighted by Gasteiger charge is -2.37. The van der Waals surface area contributed by atoms with Crippen LogP contribution in [0.2, 0.25) is 10.0 Å². The number of nitrogens with zero attached hydrogens (tertiary/aromatic N) is 3. The monoisotopic (exact) mass is 491 g/mol. The molecule has 2 heterocycles. The van der Waals surface area contributed by atoms with Gasteiger partial charge in [-0.15, -0.1) is 0 Å². The lowest BCUT2D eigenvalue weighted by atomic mass is 10.1. The summed E-state index contributed by atoms with van der Waals surface area (Å²) in [5.74, 6) is -1.12. The third-order valence-corrected chi connectivity index (χ3v) is 6.82. The number of aryl methyl sites for hydroxylation is 1. The molecule has 4 rings (SSSR count). The Morgan fingerprint density at radius 3 is 2.30 bits per heavy atom. The first kappa shape index (κ1) is 23.5. The van der Waals surface area contributed by atoms with Gasteiger partial charge in [0, 0.05) is 43.3 Å². The molecule has 2 aromatic carbocycles. The molecular weight excluding hydrogens is 468 g/mol. The van der Waals surface area contributed by atoms with Crippen LogP contribution in [0.15, 0.2) is 36.4 Å². The molecule has 0 aliphatic carbocycles. The van der Waals surface area contributed by atoms with Gasteiger partial charge in [0.25, 0.3) is 11.8 Å². The van der Waals surface area contributed by atoms with Crippen molar-refractivity contribution in [3.8, 4) is 0 Å². The van der Waals surface area contributed by atoms with E-state index in [1.807, 2.05) is 0 Å². The summed E-state index contributed by atoms with van der Waals surface area (Å²) in [6, 6.07) is 8.57. The summed E-state index contributed by atoms with van der Waals surface area (Å²) in [6.45, 7) is 3.52. The third-order valence-electron chi connectivity index (χ3n) is 6.25. The molecule has 1 atom stereocenters. The van der Waals surface area contributed by atoms with Gasteiger partial charge in [0.05, 0.1) is 10.6 Å². The third kappa shape index (κ3) is 4.84. The zero-order valence-electron chi connectivity index (χ0n) is 18.2. The molecule has 2 aliphatic rings. The number of carbonyl (C=O) groups excluding carboxylic acids is 3. The molecule has 6 nitrogen and oxygen atoms in total. The van der Waals surface area contributed by atoms with Gasteiger partial charge in [0.15, 0.2) is 0 Å². The summed E-state index contributed by atoms with van der Waals surface area (Å²) in [5, 5.41) is 0.696. The number of halogens is 3. The summed E-state index contributed by atoms with van der Waals surface area (Å²) in [7, 11) is 0. The smallest absolute Gasteiger partial charge is 0.256 e. The Balaban J connectivity index is 1.40. The molecule has 0 saturated carbocycles. The molecule has 0 radical (unpaired) electrons. The predicted octanol–water partition coefficient (Wildman–Crippen LogP) is 4.03. The molecule has 0 N–H and O–H groups in total. The standard InChI is InChI=1S/C24H24Cl2FN3O3/c1-15-4-5-16(13-20(15)27)22(31)28-9-11-29(12-10-28)24(33)21-3-2-8-30(21)23(32)18-14-17(25)6-7-19(18)26/h4-7,13-14,21H,2-3,8-12H2,1H3. The summed E-state index contributed by atoms with van der Waals surface area (Å²) in [5.41, 5.74) is 1.06. The van der Waals surface area contributed by atoms with Crippen LogP contribution in [0.4, 0.5) is 4.39 Å². The average molecular weight is 492 g/mol. The number of hydrogen-bond donors (Lipinski definition) is 0. The van der Waals surface area contributed by atoms with Crippen LogP contribution in [0.5, 0.6) is 0 Å². The first-order valence-corrected chi connectivity index (χ1v) is 11.6. The topological polar surface area (TPSA) is 60.9 Å². The van der Waals surface area contributed by atoms with Crippen LogP contribution in [-0.4, -0.2) is 71.2 Å². The van der Waals surface area contributed by atoms with E-state index in [2.05, 4.69) is 0 Å². The second kappa shape index (κ2) is 9.69. The van der Waals surface area contributed by atoms with Gasteiger partial charge in [-0.25, -0.2) is 4.39 Å². The minimum absolute atomic E-state index is 0.132. The van der Waals surface area contributed by atoms with Crippen LogP contribution < -0.4 is 0 Å². The SMILES string of the molecule is Cc1ccc(C(=O)N2CCN(C(=O)C3CCCN3C(=O)c3cc(Cl)ccc3Cl)CC2)cc1F. The molecule has 0 aromatic heterocycles. The number of benzene rings is 2. The van der Waals surface area contributed by atoms with E-state index in [4.69, 9.17) is 23.2 Å². The minimum atomic E-state index is -0.569. The maximum absolute atomic E-state index is 13.8. The van der Waals surface area contributed by atoms with E-state index < -0.39 is 11.9 Å². The number of likely N-dealkylation sites (tertiary alicyclic amines) is 1. The normalized spacial score (nSPS) is 18.5. The van der Waals surface area contributed by atoms with Crippen molar-refractivity contribution in [2.75, 3.05) is 32.7 Å². The summed E-state index contributed by atoms with van der Waals surface area (Å²) >= 11 is 12.2. The first-order chi connectivity index (χ1) is 15.8. The van der Waals surface area contributed by atoms with E-state index in [0.29, 0.717) is 60.3 Å². The molecule has 9 heteroatoms. The summed E-state index contributed by atoms with van der Waals surface area (Å²) in [4.78, 5) is 44.0. The molecular formula is C24H24Cl2FN3O3. The molecule has 33 heavy (non-hydrogen) atoms. The van der Waals surface area contributed by atoms with E-state index in [9.17, 15) is 18.8 Å². The van der Waals surface area contributed by atoms with Crippen molar-refractivity contribution in [3.05, 3.63) is 69.0 Å². The number of rotatable bonds is 3. The molecule has 0 spiro atoms. The highest BCUT2D eigenvalue weighted by Gasteiger charge is 2.38. The largest absolute Gasteiger partial charge is 0.337 e. The highest BCUT2D eigenvalue weighted by molar-refractivity contribution is 6.35. The van der Waals surface area contributed by atoms with Crippen LogP contribution in [0.3, 0.4) is 0 Å². The van der Waals surface area contributed by atoms with Gasteiger partial charge < -0.3 is 14.7 Å². The first-order valence-electron chi connectivity index (χ1n) is 10.9. The maximum atomic E-state index is 13.8. The lowest BCUT2D eigenvalue weighted by molar-refractivity contribution is -0.136. The van der Waals surface area contributed by atoms with Crippen molar-refractivity contribution in [2.24, 2.45) is 0 Å². The maximum Gasteiger partial charge on any atom is 0.256 e. The molecule has 3 amide bonds. The van der Waals surface area contributed by atoms with Crippen LogP contribution in [-0.2, 0) is 4.79 Å². The van der Waals surface area contributed by atoms with Crippen LogP contribution in [0.25, 0.3) is 0 Å². The Kier molecular flexibility index (Phi) is 6.91.